The molecule has 4 N–H and O–H groups in total. The van der Waals surface area contributed by atoms with Crippen molar-refractivity contribution >= 4 is 28.2 Å². The van der Waals surface area contributed by atoms with Crippen molar-refractivity contribution in [3.05, 3.63) is 59.2 Å². The number of fused-ring (bicyclic) bond motifs is 1. The molecule has 1 aliphatic rings. The van der Waals surface area contributed by atoms with E-state index in [0.29, 0.717) is 11.9 Å². The monoisotopic (exact) mass is 366 g/mol. The molecule has 1 aromatic heterocycles. The molecule has 4 rings (SSSR count). The highest BCUT2D eigenvalue weighted by atomic mass is 35.5. The standard InChI is InChI=1S/C21H23ClN4/c22-16-4-2-15(3-5-16)20-12-25-21(24)18-6-1-14(11-19(18)20)13-26-9-7-17(23)8-10-26/h1-6,11-12,17H,7-10,13,23H2,(H2,24,25). The van der Waals surface area contributed by atoms with Crippen LogP contribution in [0.15, 0.2) is 48.7 Å². The van der Waals surface area contributed by atoms with E-state index in [1.165, 1.54) is 5.56 Å². The van der Waals surface area contributed by atoms with Crippen LogP contribution in [0.4, 0.5) is 5.82 Å². The zero-order valence-corrected chi connectivity index (χ0v) is 15.4. The molecule has 0 saturated carbocycles. The highest BCUT2D eigenvalue weighted by Gasteiger charge is 2.16. The maximum atomic E-state index is 6.12. The van der Waals surface area contributed by atoms with E-state index in [2.05, 4.69) is 28.1 Å². The van der Waals surface area contributed by atoms with Crippen LogP contribution in [-0.4, -0.2) is 29.0 Å². The SMILES string of the molecule is Nc1ncc(-c2ccc(Cl)cc2)c2cc(CN3CCC(N)CC3)ccc12. The van der Waals surface area contributed by atoms with Gasteiger partial charge in [-0.1, -0.05) is 35.9 Å². The van der Waals surface area contributed by atoms with E-state index < -0.39 is 0 Å². The maximum absolute atomic E-state index is 6.12. The first-order chi connectivity index (χ1) is 12.6. The first-order valence-corrected chi connectivity index (χ1v) is 9.39. The van der Waals surface area contributed by atoms with Crippen LogP contribution in [0, 0.1) is 0 Å². The number of nitrogens with zero attached hydrogens (tertiary/aromatic N) is 2. The van der Waals surface area contributed by atoms with Crippen molar-refractivity contribution in [1.82, 2.24) is 9.88 Å². The van der Waals surface area contributed by atoms with Gasteiger partial charge in [-0.2, -0.15) is 0 Å². The van der Waals surface area contributed by atoms with Gasteiger partial charge in [0.25, 0.3) is 0 Å². The first-order valence-electron chi connectivity index (χ1n) is 9.01. The van der Waals surface area contributed by atoms with E-state index >= 15 is 0 Å². The zero-order valence-electron chi connectivity index (χ0n) is 14.7. The highest BCUT2D eigenvalue weighted by Crippen LogP contribution is 2.32. The molecule has 1 aliphatic heterocycles. The molecule has 0 aliphatic carbocycles. The van der Waals surface area contributed by atoms with Gasteiger partial charge in [0.1, 0.15) is 5.82 Å². The average Bonchev–Trinajstić information content (AvgIpc) is 2.65. The summed E-state index contributed by atoms with van der Waals surface area (Å²) in [5.74, 6) is 0.563. The molecule has 0 amide bonds. The van der Waals surface area contributed by atoms with Gasteiger partial charge in [-0.15, -0.1) is 0 Å². The van der Waals surface area contributed by atoms with Crippen LogP contribution < -0.4 is 11.5 Å². The fraction of sp³-hybridized carbons (Fsp3) is 0.286. The van der Waals surface area contributed by atoms with Gasteiger partial charge in [0.2, 0.25) is 0 Å². The molecule has 2 heterocycles. The number of pyridine rings is 1. The third-order valence-corrected chi connectivity index (χ3v) is 5.43. The second-order valence-electron chi connectivity index (χ2n) is 7.06. The Labute approximate surface area is 158 Å². The van der Waals surface area contributed by atoms with Crippen LogP contribution in [-0.2, 0) is 6.54 Å². The van der Waals surface area contributed by atoms with Gasteiger partial charge in [-0.3, -0.25) is 4.90 Å². The van der Waals surface area contributed by atoms with E-state index in [-0.39, 0.29) is 0 Å². The average molecular weight is 367 g/mol. The van der Waals surface area contributed by atoms with E-state index in [4.69, 9.17) is 23.1 Å². The van der Waals surface area contributed by atoms with Gasteiger partial charge in [0.05, 0.1) is 0 Å². The minimum Gasteiger partial charge on any atom is -0.383 e. The molecule has 0 bridgehead atoms. The molecular formula is C21H23ClN4. The van der Waals surface area contributed by atoms with Crippen molar-refractivity contribution in [2.45, 2.75) is 25.4 Å². The number of likely N-dealkylation sites (tertiary alicyclic amines) is 1. The summed E-state index contributed by atoms with van der Waals surface area (Å²) in [6.07, 6.45) is 3.99. The normalized spacial score (nSPS) is 16.2. The molecule has 134 valence electrons. The molecule has 4 nitrogen and oxygen atoms in total. The second kappa shape index (κ2) is 7.23. The van der Waals surface area contributed by atoms with Gasteiger partial charge in [0, 0.05) is 34.8 Å². The number of piperidine rings is 1. The fourth-order valence-electron chi connectivity index (χ4n) is 3.64. The van der Waals surface area contributed by atoms with Crippen LogP contribution in [0.1, 0.15) is 18.4 Å². The summed E-state index contributed by atoms with van der Waals surface area (Å²) >= 11 is 6.04. The van der Waals surface area contributed by atoms with E-state index in [1.54, 1.807) is 0 Å². The molecule has 0 radical (unpaired) electrons. The summed E-state index contributed by atoms with van der Waals surface area (Å²) < 4.78 is 0. The number of rotatable bonds is 3. The summed E-state index contributed by atoms with van der Waals surface area (Å²) in [4.78, 5) is 6.85. The highest BCUT2D eigenvalue weighted by molar-refractivity contribution is 6.30. The van der Waals surface area contributed by atoms with Crippen molar-refractivity contribution in [3.8, 4) is 11.1 Å². The molecule has 2 aromatic carbocycles. The zero-order chi connectivity index (χ0) is 18.1. The number of hydrogen-bond donors (Lipinski definition) is 2. The van der Waals surface area contributed by atoms with Crippen molar-refractivity contribution in [2.24, 2.45) is 5.73 Å². The lowest BCUT2D eigenvalue weighted by Crippen LogP contribution is -2.39. The molecule has 3 aromatic rings. The Morgan fingerprint density at radius 2 is 1.77 bits per heavy atom. The Morgan fingerprint density at radius 1 is 1.04 bits per heavy atom. The Balaban J connectivity index is 1.71. The predicted octanol–water partition coefficient (Wildman–Crippen LogP) is 4.06. The Bertz CT molecular complexity index is 915. The Hall–Kier alpha value is -2.14. The van der Waals surface area contributed by atoms with Crippen LogP contribution >= 0.6 is 11.6 Å². The number of nitrogen functional groups attached to an aromatic ring is 1. The minimum absolute atomic E-state index is 0.352. The van der Waals surface area contributed by atoms with Gasteiger partial charge in [-0.05, 0) is 60.6 Å². The first kappa shape index (κ1) is 17.3. The quantitative estimate of drug-likeness (QED) is 0.733. The fourth-order valence-corrected chi connectivity index (χ4v) is 3.76. The topological polar surface area (TPSA) is 68.2 Å². The molecule has 1 saturated heterocycles. The third kappa shape index (κ3) is 3.54. The molecule has 26 heavy (non-hydrogen) atoms. The van der Waals surface area contributed by atoms with Crippen LogP contribution in [0.25, 0.3) is 21.9 Å². The predicted molar refractivity (Wildman–Crippen MR) is 109 cm³/mol. The summed E-state index contributed by atoms with van der Waals surface area (Å²) in [5.41, 5.74) is 15.6. The lowest BCUT2D eigenvalue weighted by Gasteiger charge is -2.30. The molecule has 5 heteroatoms. The third-order valence-electron chi connectivity index (χ3n) is 5.18. The summed E-state index contributed by atoms with van der Waals surface area (Å²) in [6.45, 7) is 3.05. The molecule has 0 unspecified atom stereocenters. The number of hydrogen-bond acceptors (Lipinski definition) is 4. The number of anilines is 1. The van der Waals surface area contributed by atoms with E-state index in [0.717, 1.165) is 59.4 Å². The van der Waals surface area contributed by atoms with E-state index in [9.17, 15) is 0 Å². The largest absolute Gasteiger partial charge is 0.383 e. The molecule has 0 atom stereocenters. The number of halogens is 1. The van der Waals surface area contributed by atoms with Crippen LogP contribution in [0.3, 0.4) is 0 Å². The second-order valence-corrected chi connectivity index (χ2v) is 7.49. The molecule has 1 fully saturated rings. The van der Waals surface area contributed by atoms with Gasteiger partial charge < -0.3 is 11.5 Å². The van der Waals surface area contributed by atoms with Crippen LogP contribution in [0.2, 0.25) is 5.02 Å². The summed E-state index contributed by atoms with van der Waals surface area (Å²) in [6, 6.07) is 14.7. The lowest BCUT2D eigenvalue weighted by atomic mass is 9.98. The number of benzene rings is 2. The van der Waals surface area contributed by atoms with Crippen molar-refractivity contribution in [3.63, 3.8) is 0 Å². The Kier molecular flexibility index (Phi) is 4.81. The molecule has 0 spiro atoms. The summed E-state index contributed by atoms with van der Waals surface area (Å²) in [7, 11) is 0. The lowest BCUT2D eigenvalue weighted by molar-refractivity contribution is 0.206. The Morgan fingerprint density at radius 3 is 2.50 bits per heavy atom. The maximum Gasteiger partial charge on any atom is 0.131 e. The number of nitrogens with two attached hydrogens (primary N) is 2. The van der Waals surface area contributed by atoms with Crippen molar-refractivity contribution in [1.29, 1.82) is 0 Å². The van der Waals surface area contributed by atoms with E-state index in [1.807, 2.05) is 30.5 Å². The summed E-state index contributed by atoms with van der Waals surface area (Å²) in [5, 5.41) is 2.85. The smallest absolute Gasteiger partial charge is 0.131 e. The van der Waals surface area contributed by atoms with Gasteiger partial charge in [0.15, 0.2) is 0 Å². The number of aromatic nitrogens is 1. The van der Waals surface area contributed by atoms with Crippen LogP contribution in [0.5, 0.6) is 0 Å². The van der Waals surface area contributed by atoms with Gasteiger partial charge in [-0.25, -0.2) is 4.98 Å². The van der Waals surface area contributed by atoms with Gasteiger partial charge >= 0.3 is 0 Å². The van der Waals surface area contributed by atoms with Crippen molar-refractivity contribution in [2.75, 3.05) is 18.8 Å². The minimum atomic E-state index is 0.352. The van der Waals surface area contributed by atoms with Crippen molar-refractivity contribution < 1.29 is 0 Å². The molecular weight excluding hydrogens is 344 g/mol.